The summed E-state index contributed by atoms with van der Waals surface area (Å²) in [7, 11) is 0. The van der Waals surface area contributed by atoms with Gasteiger partial charge in [0, 0.05) is 44.2 Å². The highest BCUT2D eigenvalue weighted by Gasteiger charge is 2.27. The molecule has 0 aliphatic carbocycles. The van der Waals surface area contributed by atoms with E-state index in [4.69, 9.17) is 13.7 Å². The maximum atomic E-state index is 12.7. The fraction of sp³-hybridized carbons (Fsp3) is 0.348. The van der Waals surface area contributed by atoms with Gasteiger partial charge < -0.3 is 23.5 Å². The van der Waals surface area contributed by atoms with Crippen LogP contribution in [-0.2, 0) is 17.6 Å². The van der Waals surface area contributed by atoms with Crippen molar-refractivity contribution in [1.29, 1.82) is 0 Å². The van der Waals surface area contributed by atoms with Crippen LogP contribution in [0, 0.1) is 0 Å². The van der Waals surface area contributed by atoms with Crippen molar-refractivity contribution in [1.82, 2.24) is 15.0 Å². The van der Waals surface area contributed by atoms with Crippen molar-refractivity contribution in [2.45, 2.75) is 25.9 Å². The molecule has 0 N–H and O–H groups in total. The van der Waals surface area contributed by atoms with Crippen LogP contribution in [0.2, 0.25) is 0 Å². The minimum Gasteiger partial charge on any atom is -0.490 e. The summed E-state index contributed by atoms with van der Waals surface area (Å²) in [5.74, 6) is 1.70. The Hall–Kier alpha value is -3.55. The van der Waals surface area contributed by atoms with Gasteiger partial charge in [-0.3, -0.25) is 9.59 Å². The number of hydrogen-bond donors (Lipinski definition) is 0. The molecule has 4 heterocycles. The molecule has 1 atom stereocenters. The first kappa shape index (κ1) is 19.4. The molecule has 1 fully saturated rings. The molecule has 0 radical (unpaired) electrons. The van der Waals surface area contributed by atoms with Gasteiger partial charge in [0.25, 0.3) is 5.91 Å². The van der Waals surface area contributed by atoms with Gasteiger partial charge in [0.2, 0.25) is 5.91 Å². The van der Waals surface area contributed by atoms with Crippen LogP contribution in [0.5, 0.6) is 5.75 Å². The normalized spacial score (nSPS) is 18.0. The average molecular weight is 421 g/mol. The number of aromatic nitrogens is 1. The van der Waals surface area contributed by atoms with E-state index in [1.54, 1.807) is 21.9 Å². The van der Waals surface area contributed by atoms with Gasteiger partial charge in [0.05, 0.1) is 18.4 Å². The predicted octanol–water partition coefficient (Wildman–Crippen LogP) is 2.79. The zero-order chi connectivity index (χ0) is 21.4. The Morgan fingerprint density at radius 2 is 1.90 bits per heavy atom. The summed E-state index contributed by atoms with van der Waals surface area (Å²) in [6.45, 7) is 3.97. The lowest BCUT2D eigenvalue weighted by molar-refractivity contribution is -0.132. The van der Waals surface area contributed by atoms with Gasteiger partial charge in [0.1, 0.15) is 11.9 Å². The molecule has 160 valence electrons. The zero-order valence-electron chi connectivity index (χ0n) is 17.2. The first-order chi connectivity index (χ1) is 15.1. The Kier molecular flexibility index (Phi) is 4.97. The largest absolute Gasteiger partial charge is 0.490 e. The van der Waals surface area contributed by atoms with Crippen molar-refractivity contribution >= 4 is 11.8 Å². The highest BCUT2D eigenvalue weighted by atomic mass is 16.5. The van der Waals surface area contributed by atoms with Crippen molar-refractivity contribution in [3.8, 4) is 17.1 Å². The molecule has 3 aromatic rings. The average Bonchev–Trinajstić information content (AvgIpc) is 3.53. The molecule has 0 bridgehead atoms. The first-order valence-electron chi connectivity index (χ1n) is 10.4. The number of hydrogen-bond acceptors (Lipinski definition) is 6. The SMILES string of the molecule is CC1Cc2cc(-c3cc(CC(=O)N4CCN(C(=O)c5ccco5)CC4)no3)ccc2O1. The highest BCUT2D eigenvalue weighted by molar-refractivity contribution is 5.91. The molecular formula is C23H23N3O5. The third-order valence-corrected chi connectivity index (χ3v) is 5.72. The van der Waals surface area contributed by atoms with Gasteiger partial charge >= 0.3 is 0 Å². The molecular weight excluding hydrogens is 398 g/mol. The zero-order valence-corrected chi connectivity index (χ0v) is 17.2. The molecule has 1 aromatic carbocycles. The lowest BCUT2D eigenvalue weighted by atomic mass is 10.1. The number of benzene rings is 1. The van der Waals surface area contributed by atoms with Crippen LogP contribution in [0.3, 0.4) is 0 Å². The van der Waals surface area contributed by atoms with E-state index in [0.717, 1.165) is 23.3 Å². The second-order valence-electron chi connectivity index (χ2n) is 7.96. The van der Waals surface area contributed by atoms with Crippen molar-refractivity contribution in [3.63, 3.8) is 0 Å². The molecule has 31 heavy (non-hydrogen) atoms. The number of fused-ring (bicyclic) bond motifs is 1. The summed E-state index contributed by atoms with van der Waals surface area (Å²) < 4.78 is 16.4. The van der Waals surface area contributed by atoms with Gasteiger partial charge in [-0.15, -0.1) is 0 Å². The Balaban J connectivity index is 1.18. The summed E-state index contributed by atoms with van der Waals surface area (Å²) >= 11 is 0. The summed E-state index contributed by atoms with van der Waals surface area (Å²) in [6.07, 6.45) is 2.71. The van der Waals surface area contributed by atoms with Crippen LogP contribution in [0.15, 0.2) is 51.6 Å². The van der Waals surface area contributed by atoms with Crippen LogP contribution < -0.4 is 4.74 Å². The van der Waals surface area contributed by atoms with Crippen molar-refractivity contribution < 1.29 is 23.3 Å². The number of rotatable bonds is 4. The van der Waals surface area contributed by atoms with E-state index < -0.39 is 0 Å². The summed E-state index contributed by atoms with van der Waals surface area (Å²) in [5, 5.41) is 4.08. The quantitative estimate of drug-likeness (QED) is 0.644. The standard InChI is InChI=1S/C23H23N3O5/c1-15-11-17-12-16(4-5-19(17)30-15)21-13-18(24-31-21)14-22(27)25-6-8-26(9-7-25)23(28)20-3-2-10-29-20/h2-5,10,12-13,15H,6-9,11,14H2,1H3. The van der Waals surface area contributed by atoms with Gasteiger partial charge in [-0.25, -0.2) is 0 Å². The maximum Gasteiger partial charge on any atom is 0.289 e. The van der Waals surface area contributed by atoms with Gasteiger partial charge in [-0.05, 0) is 42.8 Å². The lowest BCUT2D eigenvalue weighted by Crippen LogP contribution is -2.50. The minimum absolute atomic E-state index is 0.0267. The number of ether oxygens (including phenoxy) is 1. The fourth-order valence-electron chi connectivity index (χ4n) is 4.09. The number of furan rings is 1. The number of amides is 2. The van der Waals surface area contributed by atoms with Crippen LogP contribution in [-0.4, -0.2) is 59.1 Å². The van der Waals surface area contributed by atoms with Gasteiger partial charge in [0.15, 0.2) is 11.5 Å². The van der Waals surface area contributed by atoms with Crippen LogP contribution in [0.25, 0.3) is 11.3 Å². The fourth-order valence-corrected chi connectivity index (χ4v) is 4.09. The lowest BCUT2D eigenvalue weighted by Gasteiger charge is -2.34. The molecule has 0 spiro atoms. The number of nitrogens with zero attached hydrogens (tertiary/aromatic N) is 3. The van der Waals surface area contributed by atoms with E-state index in [-0.39, 0.29) is 24.3 Å². The van der Waals surface area contributed by atoms with Crippen molar-refractivity contribution in [2.24, 2.45) is 0 Å². The highest BCUT2D eigenvalue weighted by Crippen LogP contribution is 2.33. The number of carbonyl (C=O) groups is 2. The van der Waals surface area contributed by atoms with E-state index in [2.05, 4.69) is 11.2 Å². The molecule has 2 aromatic heterocycles. The van der Waals surface area contributed by atoms with E-state index in [0.29, 0.717) is 43.4 Å². The Bertz CT molecular complexity index is 1100. The van der Waals surface area contributed by atoms with E-state index >= 15 is 0 Å². The molecule has 0 saturated carbocycles. The number of piperazine rings is 1. The Labute approximate surface area is 179 Å². The molecule has 2 amide bonds. The summed E-state index contributed by atoms with van der Waals surface area (Å²) in [4.78, 5) is 28.5. The third-order valence-electron chi connectivity index (χ3n) is 5.72. The second kappa shape index (κ2) is 7.94. The van der Waals surface area contributed by atoms with Gasteiger partial charge in [-0.1, -0.05) is 5.16 Å². The van der Waals surface area contributed by atoms with Crippen LogP contribution in [0.1, 0.15) is 28.7 Å². The van der Waals surface area contributed by atoms with Crippen molar-refractivity contribution in [3.05, 3.63) is 59.7 Å². The molecule has 1 unspecified atom stereocenters. The molecule has 8 heteroatoms. The minimum atomic E-state index is -0.146. The summed E-state index contributed by atoms with van der Waals surface area (Å²) in [6, 6.07) is 11.1. The van der Waals surface area contributed by atoms with Crippen molar-refractivity contribution in [2.75, 3.05) is 26.2 Å². The van der Waals surface area contributed by atoms with E-state index in [1.807, 2.05) is 25.1 Å². The molecule has 1 saturated heterocycles. The maximum absolute atomic E-state index is 12.7. The van der Waals surface area contributed by atoms with E-state index in [1.165, 1.54) is 6.26 Å². The second-order valence-corrected chi connectivity index (χ2v) is 7.96. The monoisotopic (exact) mass is 421 g/mol. The number of carbonyl (C=O) groups excluding carboxylic acids is 2. The predicted molar refractivity (Wildman–Crippen MR) is 111 cm³/mol. The van der Waals surface area contributed by atoms with E-state index in [9.17, 15) is 9.59 Å². The first-order valence-corrected chi connectivity index (χ1v) is 10.4. The summed E-state index contributed by atoms with van der Waals surface area (Å²) in [5.41, 5.74) is 2.67. The van der Waals surface area contributed by atoms with Crippen LogP contribution >= 0.6 is 0 Å². The molecule has 2 aliphatic heterocycles. The Morgan fingerprint density at radius 1 is 1.10 bits per heavy atom. The topological polar surface area (TPSA) is 89.0 Å². The molecule has 8 nitrogen and oxygen atoms in total. The molecule has 5 rings (SSSR count). The van der Waals surface area contributed by atoms with Crippen LogP contribution in [0.4, 0.5) is 0 Å². The Morgan fingerprint density at radius 3 is 2.68 bits per heavy atom. The molecule has 2 aliphatic rings. The third kappa shape index (κ3) is 3.93. The van der Waals surface area contributed by atoms with Gasteiger partial charge in [-0.2, -0.15) is 0 Å². The smallest absolute Gasteiger partial charge is 0.289 e.